The number of unbranched alkanes of at least 4 members (excludes halogenated alkanes) is 17. The normalized spacial score (nSPS) is 12.3. The van der Waals surface area contributed by atoms with Gasteiger partial charge in [0.2, 0.25) is 0 Å². The van der Waals surface area contributed by atoms with Crippen molar-refractivity contribution in [3.8, 4) is 0 Å². The minimum atomic E-state index is -0.907. The van der Waals surface area contributed by atoms with E-state index in [1.165, 1.54) is 109 Å². The Morgan fingerprint density at radius 3 is 1.53 bits per heavy atom. The Kier molecular flexibility index (Phi) is 25.3. The summed E-state index contributed by atoms with van der Waals surface area (Å²) < 4.78 is 5.00. The predicted octanol–water partition coefficient (Wildman–Crippen LogP) is 9.41. The number of aliphatic carboxylic acids is 1. The van der Waals surface area contributed by atoms with Crippen molar-refractivity contribution in [3.05, 3.63) is 12.2 Å². The van der Waals surface area contributed by atoms with E-state index in [2.05, 4.69) is 19.1 Å². The van der Waals surface area contributed by atoms with Gasteiger partial charge < -0.3 is 9.84 Å². The Morgan fingerprint density at radius 2 is 1.09 bits per heavy atom. The average molecular weight is 481 g/mol. The minimum absolute atomic E-state index is 0.0254. The number of carbonyl (C=O) groups is 2. The van der Waals surface area contributed by atoms with Crippen LogP contribution in [0.4, 0.5) is 0 Å². The highest BCUT2D eigenvalue weighted by molar-refractivity contribution is 5.78. The number of carboxylic acids is 1. The zero-order chi connectivity index (χ0) is 25.1. The predicted molar refractivity (Wildman–Crippen MR) is 144 cm³/mol. The van der Waals surface area contributed by atoms with Crippen LogP contribution >= 0.6 is 0 Å². The van der Waals surface area contributed by atoms with E-state index in [9.17, 15) is 14.7 Å². The molecule has 1 N–H and O–H groups in total. The van der Waals surface area contributed by atoms with E-state index in [0.29, 0.717) is 19.4 Å². The number of ether oxygens (including phenoxy) is 1. The Balaban J connectivity index is 3.41. The highest BCUT2D eigenvalue weighted by atomic mass is 16.5. The molecule has 0 aliphatic heterocycles. The van der Waals surface area contributed by atoms with Crippen LogP contribution in [0.25, 0.3) is 0 Å². The van der Waals surface area contributed by atoms with Crippen molar-refractivity contribution in [2.75, 3.05) is 6.61 Å². The molecule has 4 heteroatoms. The van der Waals surface area contributed by atoms with Gasteiger partial charge in [0, 0.05) is 0 Å². The summed E-state index contributed by atoms with van der Waals surface area (Å²) in [6.07, 6.45) is 30.8. The molecular weight excluding hydrogens is 424 g/mol. The first-order valence-electron chi connectivity index (χ1n) is 14.6. The van der Waals surface area contributed by atoms with Crippen molar-refractivity contribution in [2.24, 2.45) is 5.92 Å². The van der Waals surface area contributed by atoms with Crippen LogP contribution in [0.2, 0.25) is 0 Å². The fourth-order valence-corrected chi connectivity index (χ4v) is 4.31. The van der Waals surface area contributed by atoms with Gasteiger partial charge in [-0.2, -0.15) is 0 Å². The minimum Gasteiger partial charge on any atom is -0.481 e. The molecule has 0 rings (SSSR count). The molecule has 0 aromatic heterocycles. The number of carbonyl (C=O) groups excluding carboxylic acids is 1. The molecule has 0 saturated heterocycles. The molecular formula is C30H56O4. The molecule has 0 saturated carbocycles. The zero-order valence-electron chi connectivity index (χ0n) is 22.7. The molecule has 0 fully saturated rings. The Morgan fingerprint density at radius 1 is 0.647 bits per heavy atom. The Labute approximate surface area is 211 Å². The van der Waals surface area contributed by atoms with Gasteiger partial charge in [-0.1, -0.05) is 129 Å². The third kappa shape index (κ3) is 23.8. The number of hydrogen-bond donors (Lipinski definition) is 1. The second kappa shape index (κ2) is 26.3. The van der Waals surface area contributed by atoms with Crippen molar-refractivity contribution >= 4 is 11.9 Å². The van der Waals surface area contributed by atoms with Crippen molar-refractivity contribution in [3.63, 3.8) is 0 Å². The molecule has 0 aliphatic carbocycles. The van der Waals surface area contributed by atoms with Crippen molar-refractivity contribution in [2.45, 2.75) is 155 Å². The van der Waals surface area contributed by atoms with Crippen molar-refractivity contribution in [1.82, 2.24) is 0 Å². The average Bonchev–Trinajstić information content (AvgIpc) is 2.82. The molecule has 1 atom stereocenters. The summed E-state index contributed by atoms with van der Waals surface area (Å²) in [6.45, 7) is 4.57. The highest BCUT2D eigenvalue weighted by Crippen LogP contribution is 2.16. The summed E-state index contributed by atoms with van der Waals surface area (Å²) in [5.74, 6) is -1.95. The fraction of sp³-hybridized carbons (Fsp3) is 0.867. The van der Waals surface area contributed by atoms with Crippen LogP contribution in [0, 0.1) is 5.92 Å². The summed E-state index contributed by atoms with van der Waals surface area (Å²) in [6, 6.07) is 0. The van der Waals surface area contributed by atoms with Crippen molar-refractivity contribution in [1.29, 1.82) is 0 Å². The number of hydrogen-bond acceptors (Lipinski definition) is 3. The van der Waals surface area contributed by atoms with Crippen LogP contribution in [0.3, 0.4) is 0 Å². The molecule has 0 aliphatic rings. The number of allylic oxidation sites excluding steroid dienone is 2. The summed E-state index contributed by atoms with van der Waals surface area (Å²) in [4.78, 5) is 22.9. The van der Waals surface area contributed by atoms with E-state index in [1.54, 1.807) is 0 Å². The molecule has 0 radical (unpaired) electrons. The molecule has 200 valence electrons. The van der Waals surface area contributed by atoms with Crippen LogP contribution in [0.1, 0.15) is 155 Å². The van der Waals surface area contributed by atoms with E-state index in [4.69, 9.17) is 4.74 Å². The first-order chi connectivity index (χ1) is 16.6. The van der Waals surface area contributed by atoms with Crippen LogP contribution in [-0.4, -0.2) is 23.7 Å². The second-order valence-electron chi connectivity index (χ2n) is 9.95. The molecule has 0 bridgehead atoms. The maximum absolute atomic E-state index is 11.6. The molecule has 0 aromatic rings. The number of rotatable bonds is 26. The van der Waals surface area contributed by atoms with Crippen molar-refractivity contribution < 1.29 is 19.4 Å². The van der Waals surface area contributed by atoms with Crippen LogP contribution in [0.15, 0.2) is 12.2 Å². The Hall–Kier alpha value is -1.32. The van der Waals surface area contributed by atoms with Gasteiger partial charge in [0.05, 0.1) is 18.9 Å². The van der Waals surface area contributed by atoms with Gasteiger partial charge >= 0.3 is 11.9 Å². The smallest absolute Gasteiger partial charge is 0.307 e. The summed E-state index contributed by atoms with van der Waals surface area (Å²) in [5.41, 5.74) is 0. The summed E-state index contributed by atoms with van der Waals surface area (Å²) >= 11 is 0. The largest absolute Gasteiger partial charge is 0.481 e. The lowest BCUT2D eigenvalue weighted by atomic mass is 9.99. The molecule has 0 amide bonds. The lowest BCUT2D eigenvalue weighted by Gasteiger charge is -2.10. The van der Waals surface area contributed by atoms with Gasteiger partial charge in [-0.15, -0.1) is 0 Å². The molecule has 34 heavy (non-hydrogen) atoms. The standard InChI is InChI=1S/C30H56O4/c1-3-5-6-7-8-9-10-11-12-13-14-15-16-17-18-19-20-21-22-23-24-25-28(30(32)33)27-29(31)34-26-4-2/h22-23,28H,3-21,24-27H2,1-2H3,(H,32,33)/b23-22+. The SMILES string of the molecule is CCCCCCCCCCCCCCCCCCC/C=C/CCC(CC(=O)OCCC)C(=O)O. The van der Waals surface area contributed by atoms with Gasteiger partial charge in [0.25, 0.3) is 0 Å². The Bertz CT molecular complexity index is 486. The van der Waals surface area contributed by atoms with Gasteiger partial charge in [-0.05, 0) is 32.1 Å². The topological polar surface area (TPSA) is 63.6 Å². The highest BCUT2D eigenvalue weighted by Gasteiger charge is 2.21. The maximum Gasteiger partial charge on any atom is 0.307 e. The fourth-order valence-electron chi connectivity index (χ4n) is 4.31. The lowest BCUT2D eigenvalue weighted by Crippen LogP contribution is -2.19. The van der Waals surface area contributed by atoms with Crippen LogP contribution in [0.5, 0.6) is 0 Å². The molecule has 0 spiro atoms. The molecule has 0 aromatic carbocycles. The maximum atomic E-state index is 11.6. The van der Waals surface area contributed by atoms with Crippen LogP contribution in [-0.2, 0) is 14.3 Å². The molecule has 0 heterocycles. The third-order valence-electron chi connectivity index (χ3n) is 6.55. The van der Waals surface area contributed by atoms with Gasteiger partial charge in [-0.3, -0.25) is 9.59 Å². The number of carboxylic acid groups (broad SMARTS) is 1. The van der Waals surface area contributed by atoms with Gasteiger partial charge in [0.1, 0.15) is 0 Å². The van der Waals surface area contributed by atoms with Gasteiger partial charge in [0.15, 0.2) is 0 Å². The first-order valence-corrected chi connectivity index (χ1v) is 14.6. The first kappa shape index (κ1) is 32.7. The second-order valence-corrected chi connectivity index (χ2v) is 9.95. The number of esters is 1. The monoisotopic (exact) mass is 480 g/mol. The molecule has 1 unspecified atom stereocenters. The third-order valence-corrected chi connectivity index (χ3v) is 6.55. The quantitative estimate of drug-likeness (QED) is 0.0760. The van der Waals surface area contributed by atoms with Gasteiger partial charge in [-0.25, -0.2) is 0 Å². The van der Waals surface area contributed by atoms with E-state index >= 15 is 0 Å². The van der Waals surface area contributed by atoms with E-state index in [-0.39, 0.29) is 6.42 Å². The molecule has 4 nitrogen and oxygen atoms in total. The van der Waals surface area contributed by atoms with E-state index < -0.39 is 17.9 Å². The van der Waals surface area contributed by atoms with E-state index in [1.807, 2.05) is 6.92 Å². The summed E-state index contributed by atoms with van der Waals surface area (Å²) in [5, 5.41) is 9.28. The summed E-state index contributed by atoms with van der Waals surface area (Å²) in [7, 11) is 0. The van der Waals surface area contributed by atoms with Crippen LogP contribution < -0.4 is 0 Å². The lowest BCUT2D eigenvalue weighted by molar-refractivity contribution is -0.151. The van der Waals surface area contributed by atoms with E-state index in [0.717, 1.165) is 12.8 Å². The zero-order valence-corrected chi connectivity index (χ0v) is 22.7.